The standard InChI is InChI=1S/C22H27BrN2O/c1-24(15-16-26)13-4-2-3-5-18-6-11-22-19(17-18)12-14-25(22)21-9-7-20(23)8-10-21/h6-12,14,17,26H,2-5,13,15-16H2,1H3. The van der Waals surface area contributed by atoms with E-state index in [4.69, 9.17) is 5.11 Å². The SMILES string of the molecule is CN(CCO)CCCCCc1ccc2c(ccn2-c2ccc(Br)cc2)c1. The smallest absolute Gasteiger partial charge is 0.0558 e. The summed E-state index contributed by atoms with van der Waals surface area (Å²) in [7, 11) is 2.07. The largest absolute Gasteiger partial charge is 0.395 e. The maximum Gasteiger partial charge on any atom is 0.0558 e. The van der Waals surface area contributed by atoms with E-state index in [2.05, 4.69) is 87.2 Å². The fourth-order valence-corrected chi connectivity index (χ4v) is 3.61. The first kappa shape index (κ1) is 19.2. The molecule has 0 aliphatic rings. The number of hydrogen-bond donors (Lipinski definition) is 1. The molecule has 0 bridgehead atoms. The number of rotatable bonds is 9. The molecule has 0 aliphatic heterocycles. The van der Waals surface area contributed by atoms with Gasteiger partial charge in [0.15, 0.2) is 0 Å². The Morgan fingerprint density at radius 1 is 0.962 bits per heavy atom. The van der Waals surface area contributed by atoms with Gasteiger partial charge in [0.2, 0.25) is 0 Å². The molecule has 0 fully saturated rings. The highest BCUT2D eigenvalue weighted by atomic mass is 79.9. The van der Waals surface area contributed by atoms with Crippen molar-refractivity contribution in [1.29, 1.82) is 0 Å². The molecule has 2 aromatic carbocycles. The lowest BCUT2D eigenvalue weighted by molar-refractivity contribution is 0.219. The van der Waals surface area contributed by atoms with Crippen molar-refractivity contribution in [3.05, 3.63) is 64.8 Å². The maximum absolute atomic E-state index is 8.92. The van der Waals surface area contributed by atoms with Crippen LogP contribution in [0.15, 0.2) is 59.2 Å². The van der Waals surface area contributed by atoms with Crippen molar-refractivity contribution < 1.29 is 5.11 Å². The molecule has 138 valence electrons. The van der Waals surface area contributed by atoms with Gasteiger partial charge in [-0.2, -0.15) is 0 Å². The molecule has 3 rings (SSSR count). The molecule has 0 aliphatic carbocycles. The van der Waals surface area contributed by atoms with Gasteiger partial charge in [0, 0.05) is 28.3 Å². The van der Waals surface area contributed by atoms with Gasteiger partial charge < -0.3 is 14.6 Å². The summed E-state index contributed by atoms with van der Waals surface area (Å²) in [4.78, 5) is 2.19. The molecule has 0 saturated carbocycles. The lowest BCUT2D eigenvalue weighted by atomic mass is 10.1. The number of hydrogen-bond acceptors (Lipinski definition) is 2. The second kappa shape index (κ2) is 9.36. The minimum Gasteiger partial charge on any atom is -0.395 e. The second-order valence-corrected chi connectivity index (χ2v) is 7.81. The summed E-state index contributed by atoms with van der Waals surface area (Å²) in [6.45, 7) is 2.08. The van der Waals surface area contributed by atoms with E-state index in [0.29, 0.717) is 0 Å². The van der Waals surface area contributed by atoms with Gasteiger partial charge in [-0.15, -0.1) is 0 Å². The van der Waals surface area contributed by atoms with Crippen LogP contribution < -0.4 is 0 Å². The number of likely N-dealkylation sites (N-methyl/N-ethyl adjacent to an activating group) is 1. The molecule has 0 atom stereocenters. The second-order valence-electron chi connectivity index (χ2n) is 6.89. The number of aliphatic hydroxyl groups is 1. The quantitative estimate of drug-likeness (QED) is 0.497. The van der Waals surface area contributed by atoms with E-state index in [-0.39, 0.29) is 6.61 Å². The summed E-state index contributed by atoms with van der Waals surface area (Å²) in [6, 6.07) is 17.4. The average Bonchev–Trinajstić information content (AvgIpc) is 3.05. The molecule has 3 nitrogen and oxygen atoms in total. The molecule has 0 spiro atoms. The summed E-state index contributed by atoms with van der Waals surface area (Å²) < 4.78 is 3.34. The number of fused-ring (bicyclic) bond motifs is 1. The van der Waals surface area contributed by atoms with Crippen molar-refractivity contribution in [3.8, 4) is 5.69 Å². The highest BCUT2D eigenvalue weighted by Gasteiger charge is 2.05. The zero-order valence-corrected chi connectivity index (χ0v) is 17.0. The van der Waals surface area contributed by atoms with Gasteiger partial charge >= 0.3 is 0 Å². The number of unbranched alkanes of at least 4 members (excludes halogenated alkanes) is 2. The molecule has 1 N–H and O–H groups in total. The maximum atomic E-state index is 8.92. The Balaban J connectivity index is 1.57. The van der Waals surface area contributed by atoms with E-state index in [9.17, 15) is 0 Å². The van der Waals surface area contributed by atoms with Crippen molar-refractivity contribution in [2.75, 3.05) is 26.7 Å². The van der Waals surface area contributed by atoms with Crippen LogP contribution in [0.1, 0.15) is 24.8 Å². The Morgan fingerprint density at radius 2 is 1.77 bits per heavy atom. The first-order valence-electron chi connectivity index (χ1n) is 9.33. The van der Waals surface area contributed by atoms with Crippen LogP contribution in [0.2, 0.25) is 0 Å². The van der Waals surface area contributed by atoms with Crippen LogP contribution in [0.5, 0.6) is 0 Å². The van der Waals surface area contributed by atoms with E-state index in [0.717, 1.165) is 24.0 Å². The van der Waals surface area contributed by atoms with Gasteiger partial charge in [0.25, 0.3) is 0 Å². The minimum absolute atomic E-state index is 0.246. The van der Waals surface area contributed by atoms with Crippen LogP contribution in [0.4, 0.5) is 0 Å². The van der Waals surface area contributed by atoms with Gasteiger partial charge in [0.05, 0.1) is 12.1 Å². The molecule has 4 heteroatoms. The van der Waals surface area contributed by atoms with Crippen LogP contribution >= 0.6 is 15.9 Å². The van der Waals surface area contributed by atoms with E-state index in [1.54, 1.807) is 0 Å². The molecule has 0 radical (unpaired) electrons. The van der Waals surface area contributed by atoms with Crippen LogP contribution in [-0.4, -0.2) is 41.3 Å². The minimum atomic E-state index is 0.246. The molecular formula is C22H27BrN2O. The van der Waals surface area contributed by atoms with Gasteiger partial charge in [-0.25, -0.2) is 0 Å². The number of aliphatic hydroxyl groups excluding tert-OH is 1. The molecule has 3 aromatic rings. The Morgan fingerprint density at radius 3 is 2.54 bits per heavy atom. The summed E-state index contributed by atoms with van der Waals surface area (Å²) in [5, 5.41) is 10.2. The van der Waals surface area contributed by atoms with Crippen LogP contribution in [-0.2, 0) is 6.42 Å². The topological polar surface area (TPSA) is 28.4 Å². The zero-order chi connectivity index (χ0) is 18.4. The first-order chi connectivity index (χ1) is 12.7. The summed E-state index contributed by atoms with van der Waals surface area (Å²) in [5.41, 5.74) is 3.85. The first-order valence-corrected chi connectivity index (χ1v) is 10.1. The Bertz CT molecular complexity index is 826. The molecule has 0 amide bonds. The summed E-state index contributed by atoms with van der Waals surface area (Å²) >= 11 is 3.50. The van der Waals surface area contributed by atoms with E-state index >= 15 is 0 Å². The normalized spacial score (nSPS) is 11.5. The highest BCUT2D eigenvalue weighted by Crippen LogP contribution is 2.23. The Hall–Kier alpha value is -1.62. The Labute approximate surface area is 164 Å². The lowest BCUT2D eigenvalue weighted by Gasteiger charge is -2.14. The van der Waals surface area contributed by atoms with E-state index in [1.807, 2.05) is 0 Å². The molecule has 26 heavy (non-hydrogen) atoms. The number of halogens is 1. The molecule has 1 aromatic heterocycles. The predicted molar refractivity (Wildman–Crippen MR) is 113 cm³/mol. The van der Waals surface area contributed by atoms with Crippen molar-refractivity contribution in [2.45, 2.75) is 25.7 Å². The fourth-order valence-electron chi connectivity index (χ4n) is 3.34. The average molecular weight is 415 g/mol. The van der Waals surface area contributed by atoms with Crippen molar-refractivity contribution in [2.24, 2.45) is 0 Å². The summed E-state index contributed by atoms with van der Waals surface area (Å²) in [5.74, 6) is 0. The lowest BCUT2D eigenvalue weighted by Crippen LogP contribution is -2.23. The highest BCUT2D eigenvalue weighted by molar-refractivity contribution is 9.10. The fraction of sp³-hybridized carbons (Fsp3) is 0.364. The molecule has 1 heterocycles. The monoisotopic (exact) mass is 414 g/mol. The Kier molecular flexibility index (Phi) is 6.89. The van der Waals surface area contributed by atoms with Gasteiger partial charge in [-0.1, -0.05) is 28.4 Å². The van der Waals surface area contributed by atoms with Crippen molar-refractivity contribution in [3.63, 3.8) is 0 Å². The van der Waals surface area contributed by atoms with Gasteiger partial charge in [-0.3, -0.25) is 0 Å². The van der Waals surface area contributed by atoms with Crippen LogP contribution in [0, 0.1) is 0 Å². The van der Waals surface area contributed by atoms with E-state index in [1.165, 1.54) is 41.4 Å². The molecule has 0 saturated heterocycles. The van der Waals surface area contributed by atoms with Gasteiger partial charge in [-0.05, 0) is 80.9 Å². The van der Waals surface area contributed by atoms with Crippen LogP contribution in [0.3, 0.4) is 0 Å². The number of nitrogens with zero attached hydrogens (tertiary/aromatic N) is 2. The number of aromatic nitrogens is 1. The zero-order valence-electron chi connectivity index (χ0n) is 15.4. The predicted octanol–water partition coefficient (Wildman–Crippen LogP) is 5.03. The van der Waals surface area contributed by atoms with Crippen molar-refractivity contribution in [1.82, 2.24) is 9.47 Å². The molecule has 0 unspecified atom stereocenters. The number of benzene rings is 2. The molecular weight excluding hydrogens is 388 g/mol. The van der Waals surface area contributed by atoms with E-state index < -0.39 is 0 Å². The third kappa shape index (κ3) is 4.97. The number of aryl methyl sites for hydroxylation is 1. The van der Waals surface area contributed by atoms with Crippen molar-refractivity contribution >= 4 is 26.8 Å². The third-order valence-corrected chi connectivity index (χ3v) is 5.38. The van der Waals surface area contributed by atoms with Gasteiger partial charge in [0.1, 0.15) is 0 Å². The summed E-state index contributed by atoms with van der Waals surface area (Å²) in [6.07, 6.45) is 6.91. The van der Waals surface area contributed by atoms with Crippen LogP contribution in [0.25, 0.3) is 16.6 Å². The third-order valence-electron chi connectivity index (χ3n) is 4.85.